The number of hydrogen-bond acceptors (Lipinski definition) is 13. The van der Waals surface area contributed by atoms with E-state index < -0.39 is 59.6 Å². The smallest absolute Gasteiger partial charge is 0.410 e. The molecular formula is C62H73N9O12. The highest BCUT2D eigenvalue weighted by atomic mass is 16.6. The van der Waals surface area contributed by atoms with Crippen LogP contribution in [0, 0.1) is 0 Å². The van der Waals surface area contributed by atoms with Gasteiger partial charge in [-0.3, -0.25) is 14.5 Å². The molecule has 6 aromatic rings. The number of carbonyl (C=O) groups is 6. The van der Waals surface area contributed by atoms with Crippen LogP contribution in [0.4, 0.5) is 14.4 Å². The molecule has 21 nitrogen and oxygen atoms in total. The molecule has 0 spiro atoms. The number of hydrogen-bond donors (Lipinski definition) is 5. The number of benzene rings is 4. The van der Waals surface area contributed by atoms with Crippen molar-refractivity contribution in [2.45, 2.75) is 114 Å². The van der Waals surface area contributed by atoms with E-state index in [1.54, 1.807) is 43.0 Å². The lowest BCUT2D eigenvalue weighted by Crippen LogP contribution is -2.57. The first-order valence-corrected chi connectivity index (χ1v) is 28.0. The Morgan fingerprint density at radius 2 is 1.14 bits per heavy atom. The van der Waals surface area contributed by atoms with Crippen LogP contribution in [-0.4, -0.2) is 160 Å². The van der Waals surface area contributed by atoms with E-state index in [0.29, 0.717) is 50.5 Å². The van der Waals surface area contributed by atoms with Crippen molar-refractivity contribution >= 4 is 36.1 Å². The Balaban J connectivity index is 0.000000263. The van der Waals surface area contributed by atoms with Crippen LogP contribution in [0.1, 0.15) is 101 Å². The first-order valence-electron chi connectivity index (χ1n) is 28.0. The van der Waals surface area contributed by atoms with Crippen LogP contribution >= 0.6 is 0 Å². The molecule has 10 rings (SSSR count). The highest BCUT2D eigenvalue weighted by Crippen LogP contribution is 2.45. The standard InChI is InChI=1S/C41H52N8O8.C21H21NO4/c1-24(54-4)33(46-39(52)56-6)36(50)48-20-8-10-32(48)35-42-22-30(44-35)28-15-11-26(12-16-28)27-13-17-29(18-14-27)31-23-43-38(45-31)41(3)19-9-21-49(41)37(51)34(25(2)55-5)47-40(53)57-7;1-21(19(23)24)11-6-12-22(21)20(25)26-13-18-16-9-4-2-7-14(16)15-8-3-5-10-17(15)18/h11-18,22-25,32-34H,8-10,19-21H2,1-7H3,(H,42,44)(H,43,45)(H,46,52)(H,47,53);2-5,7-10,18H,6,11-13H2,1H3,(H,23,24)/t24-,25-,32?,33+,34+,41-;21-/m10/s1. The number of aliphatic carboxylic acids is 1. The van der Waals surface area contributed by atoms with E-state index in [2.05, 4.69) is 74.1 Å². The molecule has 3 saturated heterocycles. The van der Waals surface area contributed by atoms with Gasteiger partial charge in [0.05, 0.1) is 61.8 Å². The third kappa shape index (κ3) is 12.0. The summed E-state index contributed by atoms with van der Waals surface area (Å²) >= 11 is 0. The zero-order valence-electron chi connectivity index (χ0n) is 48.1. The average Bonchev–Trinajstić information content (AvgIpc) is 4.35. The minimum Gasteiger partial charge on any atom is -0.480 e. The van der Waals surface area contributed by atoms with Gasteiger partial charge in [-0.15, -0.1) is 0 Å². The molecule has 0 saturated carbocycles. The number of methoxy groups -OCH3 is 4. The van der Waals surface area contributed by atoms with E-state index >= 15 is 0 Å². The van der Waals surface area contributed by atoms with E-state index in [9.17, 15) is 33.9 Å². The maximum atomic E-state index is 13.8. The number of amides is 5. The molecule has 2 aromatic heterocycles. The van der Waals surface area contributed by atoms with Gasteiger partial charge in [0.2, 0.25) is 11.8 Å². The molecule has 5 N–H and O–H groups in total. The summed E-state index contributed by atoms with van der Waals surface area (Å²) in [7, 11) is 5.50. The maximum Gasteiger partial charge on any atom is 0.410 e. The Morgan fingerprint density at radius 3 is 1.70 bits per heavy atom. The lowest BCUT2D eigenvalue weighted by atomic mass is 9.96. The highest BCUT2D eigenvalue weighted by molar-refractivity contribution is 5.88. The van der Waals surface area contributed by atoms with E-state index in [4.69, 9.17) is 28.7 Å². The normalized spacial score (nSPS) is 20.5. The van der Waals surface area contributed by atoms with Gasteiger partial charge < -0.3 is 59.2 Å². The van der Waals surface area contributed by atoms with Crippen molar-refractivity contribution in [3.63, 3.8) is 0 Å². The Labute approximate surface area is 482 Å². The van der Waals surface area contributed by atoms with Crippen LogP contribution in [0.2, 0.25) is 0 Å². The van der Waals surface area contributed by atoms with Crippen LogP contribution in [0.15, 0.2) is 109 Å². The molecule has 5 heterocycles. The molecule has 4 aliphatic rings. The van der Waals surface area contributed by atoms with Crippen molar-refractivity contribution in [2.75, 3.05) is 54.7 Å². The minimum absolute atomic E-state index is 0.0231. The summed E-state index contributed by atoms with van der Waals surface area (Å²) in [5.41, 5.74) is 8.35. The molecule has 438 valence electrons. The van der Waals surface area contributed by atoms with Crippen LogP contribution in [-0.2, 0) is 43.6 Å². The van der Waals surface area contributed by atoms with E-state index in [-0.39, 0.29) is 30.4 Å². The number of rotatable bonds is 16. The lowest BCUT2D eigenvalue weighted by molar-refractivity contribution is -0.147. The van der Waals surface area contributed by atoms with Gasteiger partial charge in [-0.1, -0.05) is 97.1 Å². The average molecular weight is 1140 g/mol. The topological polar surface area (TPSA) is 260 Å². The molecule has 1 unspecified atom stereocenters. The molecule has 5 amide bonds. The number of ether oxygens (including phenoxy) is 5. The third-order valence-electron chi connectivity index (χ3n) is 17.0. The van der Waals surface area contributed by atoms with Crippen molar-refractivity contribution in [1.29, 1.82) is 0 Å². The summed E-state index contributed by atoms with van der Waals surface area (Å²) in [6.07, 6.45) is 4.64. The molecule has 1 aliphatic carbocycles. The second kappa shape index (κ2) is 25.3. The van der Waals surface area contributed by atoms with E-state index in [0.717, 1.165) is 64.0 Å². The lowest BCUT2D eigenvalue weighted by Gasteiger charge is -2.37. The molecule has 3 aliphatic heterocycles. The summed E-state index contributed by atoms with van der Waals surface area (Å²) in [5.74, 6) is -0.173. The number of nitrogens with zero attached hydrogens (tertiary/aromatic N) is 5. The number of imidazole rings is 2. The summed E-state index contributed by atoms with van der Waals surface area (Å²) in [6.45, 7) is 8.71. The third-order valence-corrected chi connectivity index (χ3v) is 17.0. The zero-order valence-corrected chi connectivity index (χ0v) is 48.1. The largest absolute Gasteiger partial charge is 0.480 e. The van der Waals surface area contributed by atoms with Crippen molar-refractivity contribution in [1.82, 2.24) is 45.3 Å². The molecule has 7 atom stereocenters. The van der Waals surface area contributed by atoms with Gasteiger partial charge in [-0.2, -0.15) is 0 Å². The van der Waals surface area contributed by atoms with Crippen molar-refractivity contribution in [2.24, 2.45) is 0 Å². The Kier molecular flexibility index (Phi) is 18.0. The second-order valence-electron chi connectivity index (χ2n) is 21.8. The Bertz CT molecular complexity index is 3270. The molecule has 21 heteroatoms. The molecule has 4 aromatic carbocycles. The van der Waals surface area contributed by atoms with Gasteiger partial charge in [0.25, 0.3) is 0 Å². The van der Waals surface area contributed by atoms with Gasteiger partial charge in [0.1, 0.15) is 35.9 Å². The predicted octanol–water partition coefficient (Wildman–Crippen LogP) is 9.03. The van der Waals surface area contributed by atoms with Gasteiger partial charge >= 0.3 is 24.2 Å². The number of likely N-dealkylation sites (tertiary alicyclic amines) is 3. The number of fused-ring (bicyclic) bond motifs is 3. The number of carbonyl (C=O) groups excluding carboxylic acids is 5. The summed E-state index contributed by atoms with van der Waals surface area (Å²) in [4.78, 5) is 96.8. The van der Waals surface area contributed by atoms with Crippen molar-refractivity contribution < 1.29 is 57.6 Å². The first kappa shape index (κ1) is 59.1. The quantitative estimate of drug-likeness (QED) is 0.0567. The second-order valence-corrected chi connectivity index (χ2v) is 21.8. The van der Waals surface area contributed by atoms with Crippen LogP contribution in [0.25, 0.3) is 44.8 Å². The first-order chi connectivity index (χ1) is 39.9. The Morgan fingerprint density at radius 1 is 0.639 bits per heavy atom. The maximum absolute atomic E-state index is 13.8. The fourth-order valence-corrected chi connectivity index (χ4v) is 11.9. The highest BCUT2D eigenvalue weighted by Gasteiger charge is 2.48. The van der Waals surface area contributed by atoms with Gasteiger partial charge in [-0.25, -0.2) is 29.1 Å². The van der Waals surface area contributed by atoms with Gasteiger partial charge in [-0.05, 0) is 111 Å². The van der Waals surface area contributed by atoms with Crippen molar-refractivity contribution in [3.05, 3.63) is 132 Å². The molecular weight excluding hydrogens is 1060 g/mol. The predicted molar refractivity (Wildman–Crippen MR) is 308 cm³/mol. The minimum atomic E-state index is -1.18. The molecule has 3 fully saturated rings. The molecule has 83 heavy (non-hydrogen) atoms. The fourth-order valence-electron chi connectivity index (χ4n) is 11.9. The SMILES string of the molecule is COC(=O)N[C@H](C(=O)N1CCCC1c1ncc(-c2ccc(-c3ccc(-c4cnc([C@@]5(C)CCCN5C(=O)[C@@H](NC(=O)OC)[C@@H](C)OC)[nH]4)cc3)cc2)[nH]1)[C@@H](C)OC.C[C@@]1(C(=O)O)CCCN1C(=O)OCC1c2ccccc2-c2ccccc21. The van der Waals surface area contributed by atoms with Crippen molar-refractivity contribution in [3.8, 4) is 44.8 Å². The van der Waals surface area contributed by atoms with Gasteiger partial charge in [0, 0.05) is 39.8 Å². The van der Waals surface area contributed by atoms with Gasteiger partial charge in [0.15, 0.2) is 0 Å². The number of carboxylic acid groups (broad SMARTS) is 1. The number of aromatic nitrogens is 4. The Hall–Kier alpha value is -8.56. The number of H-pyrrole nitrogens is 2. The van der Waals surface area contributed by atoms with E-state index in [1.807, 2.05) is 55.5 Å². The summed E-state index contributed by atoms with van der Waals surface area (Å²) in [6, 6.07) is 30.5. The summed E-state index contributed by atoms with van der Waals surface area (Å²) in [5, 5.41) is 14.7. The number of aromatic amines is 2. The van der Waals surface area contributed by atoms with Crippen LogP contribution in [0.5, 0.6) is 0 Å². The number of carboxylic acids is 1. The van der Waals surface area contributed by atoms with Crippen LogP contribution < -0.4 is 10.6 Å². The van der Waals surface area contributed by atoms with E-state index in [1.165, 1.54) is 44.5 Å². The fraction of sp³-hybridized carbons (Fsp3) is 0.419. The zero-order chi connectivity index (χ0) is 59.2. The monoisotopic (exact) mass is 1140 g/mol. The summed E-state index contributed by atoms with van der Waals surface area (Å²) < 4.78 is 25.9. The molecule has 0 radical (unpaired) electrons. The van der Waals surface area contributed by atoms with Crippen LogP contribution in [0.3, 0.4) is 0 Å². The number of alkyl carbamates (subject to hydrolysis) is 2. The molecule has 0 bridgehead atoms. The number of nitrogens with one attached hydrogen (secondary N) is 4.